The first-order valence-electron chi connectivity index (χ1n) is 5.95. The van der Waals surface area contributed by atoms with E-state index < -0.39 is 4.92 Å². The summed E-state index contributed by atoms with van der Waals surface area (Å²) in [6.45, 7) is 0.471. The van der Waals surface area contributed by atoms with Crippen LogP contribution in [0.25, 0.3) is 0 Å². The minimum absolute atomic E-state index is 0.0286. The van der Waals surface area contributed by atoms with Crippen molar-refractivity contribution in [2.45, 2.75) is 18.9 Å². The van der Waals surface area contributed by atoms with E-state index in [0.29, 0.717) is 18.2 Å². The maximum atomic E-state index is 11.1. The predicted molar refractivity (Wildman–Crippen MR) is 68.8 cm³/mol. The van der Waals surface area contributed by atoms with E-state index >= 15 is 0 Å². The molecule has 3 N–H and O–H groups in total. The zero-order chi connectivity index (χ0) is 13.1. The van der Waals surface area contributed by atoms with Gasteiger partial charge in [-0.05, 0) is 30.9 Å². The third kappa shape index (κ3) is 2.53. The molecule has 1 fully saturated rings. The Hall–Kier alpha value is -1.82. The largest absolute Gasteiger partial charge is 0.490 e. The summed E-state index contributed by atoms with van der Waals surface area (Å²) in [5.74, 6) is 0.789. The van der Waals surface area contributed by atoms with Crippen LogP contribution in [0.5, 0.6) is 5.75 Å². The smallest absolute Gasteiger partial charge is 0.333 e. The van der Waals surface area contributed by atoms with Gasteiger partial charge >= 0.3 is 5.69 Å². The van der Waals surface area contributed by atoms with Crippen molar-refractivity contribution in [2.75, 3.05) is 19.0 Å². The van der Waals surface area contributed by atoms with E-state index in [0.717, 1.165) is 12.8 Å². The number of ether oxygens (including phenoxy) is 1. The van der Waals surface area contributed by atoms with Gasteiger partial charge in [0.15, 0.2) is 5.75 Å². The Kier molecular flexibility index (Phi) is 3.66. The summed E-state index contributed by atoms with van der Waals surface area (Å²) in [4.78, 5) is 10.7. The molecule has 0 heterocycles. The summed E-state index contributed by atoms with van der Waals surface area (Å²) < 4.78 is 5.03. The predicted octanol–water partition coefficient (Wildman–Crippen LogP) is 1.75. The molecular weight excluding hydrogens is 234 g/mol. The number of anilines is 1. The topological polar surface area (TPSA) is 90.4 Å². The molecule has 0 bridgehead atoms. The number of hydrogen-bond acceptors (Lipinski definition) is 5. The van der Waals surface area contributed by atoms with Crippen molar-refractivity contribution in [1.82, 2.24) is 0 Å². The van der Waals surface area contributed by atoms with Gasteiger partial charge in [-0.2, -0.15) is 0 Å². The first-order chi connectivity index (χ1) is 8.67. The fourth-order valence-corrected chi connectivity index (χ4v) is 2.06. The van der Waals surface area contributed by atoms with Crippen molar-refractivity contribution in [3.8, 4) is 5.75 Å². The molecule has 1 aliphatic rings. The van der Waals surface area contributed by atoms with Crippen molar-refractivity contribution in [3.63, 3.8) is 0 Å². The Bertz CT molecular complexity index is 446. The van der Waals surface area contributed by atoms with E-state index in [1.54, 1.807) is 18.2 Å². The molecule has 1 unspecified atom stereocenters. The number of hydrogen-bond donors (Lipinski definition) is 2. The first-order valence-corrected chi connectivity index (χ1v) is 5.95. The van der Waals surface area contributed by atoms with Gasteiger partial charge in [-0.3, -0.25) is 10.1 Å². The molecule has 1 aromatic carbocycles. The fourth-order valence-electron chi connectivity index (χ4n) is 2.06. The second kappa shape index (κ2) is 5.22. The van der Waals surface area contributed by atoms with Crippen LogP contribution in [0.2, 0.25) is 0 Å². The fraction of sp³-hybridized carbons (Fsp3) is 0.500. The van der Waals surface area contributed by atoms with E-state index in [-0.39, 0.29) is 17.5 Å². The van der Waals surface area contributed by atoms with Crippen molar-refractivity contribution in [3.05, 3.63) is 28.3 Å². The lowest BCUT2D eigenvalue weighted by atomic mass is 10.1. The van der Waals surface area contributed by atoms with E-state index in [9.17, 15) is 10.1 Å². The third-order valence-corrected chi connectivity index (χ3v) is 3.19. The summed E-state index contributed by atoms with van der Waals surface area (Å²) in [5.41, 5.74) is 6.14. The molecule has 0 radical (unpaired) electrons. The highest BCUT2D eigenvalue weighted by Crippen LogP contribution is 2.38. The lowest BCUT2D eigenvalue weighted by Crippen LogP contribution is -2.31. The molecule has 98 valence electrons. The van der Waals surface area contributed by atoms with E-state index in [1.807, 2.05) is 0 Å². The van der Waals surface area contributed by atoms with Gasteiger partial charge in [-0.25, -0.2) is 0 Å². The molecule has 1 atom stereocenters. The van der Waals surface area contributed by atoms with Gasteiger partial charge in [-0.15, -0.1) is 0 Å². The number of nitro benzene ring substituents is 1. The minimum Gasteiger partial charge on any atom is -0.490 e. The van der Waals surface area contributed by atoms with Crippen LogP contribution in [0.1, 0.15) is 12.8 Å². The molecule has 0 saturated heterocycles. The molecule has 1 saturated carbocycles. The number of benzene rings is 1. The van der Waals surface area contributed by atoms with Crippen molar-refractivity contribution >= 4 is 11.4 Å². The van der Waals surface area contributed by atoms with E-state index in [1.165, 1.54) is 7.11 Å². The van der Waals surface area contributed by atoms with Crippen LogP contribution in [-0.4, -0.2) is 24.6 Å². The van der Waals surface area contributed by atoms with Gasteiger partial charge in [0.05, 0.1) is 12.0 Å². The van der Waals surface area contributed by atoms with E-state index in [2.05, 4.69) is 5.32 Å². The monoisotopic (exact) mass is 251 g/mol. The Morgan fingerprint density at radius 3 is 2.83 bits per heavy atom. The molecular formula is C12H17N3O3. The highest BCUT2D eigenvalue weighted by atomic mass is 16.6. The Labute approximate surface area is 105 Å². The quantitative estimate of drug-likeness (QED) is 0.593. The first kappa shape index (κ1) is 12.6. The number of nitro groups is 1. The molecule has 6 nitrogen and oxygen atoms in total. The lowest BCUT2D eigenvalue weighted by molar-refractivity contribution is -0.384. The second-order valence-corrected chi connectivity index (χ2v) is 4.44. The average Bonchev–Trinajstić information content (AvgIpc) is 3.19. The Morgan fingerprint density at radius 1 is 1.61 bits per heavy atom. The van der Waals surface area contributed by atoms with E-state index in [4.69, 9.17) is 10.5 Å². The molecule has 0 amide bonds. The van der Waals surface area contributed by atoms with Crippen LogP contribution in [0.4, 0.5) is 11.4 Å². The number of rotatable bonds is 6. The molecule has 0 aliphatic heterocycles. The summed E-state index contributed by atoms with van der Waals surface area (Å²) in [5, 5.41) is 14.3. The number of para-hydroxylation sites is 1. The van der Waals surface area contributed by atoms with Gasteiger partial charge in [0.1, 0.15) is 5.69 Å². The van der Waals surface area contributed by atoms with Crippen molar-refractivity contribution in [2.24, 2.45) is 11.7 Å². The van der Waals surface area contributed by atoms with Crippen LogP contribution in [-0.2, 0) is 0 Å². The summed E-state index contributed by atoms with van der Waals surface area (Å²) in [6.07, 6.45) is 2.26. The molecule has 6 heteroatoms. The zero-order valence-corrected chi connectivity index (χ0v) is 10.3. The van der Waals surface area contributed by atoms with Crippen LogP contribution in [0.15, 0.2) is 18.2 Å². The maximum absolute atomic E-state index is 11.1. The second-order valence-electron chi connectivity index (χ2n) is 4.44. The standard InChI is InChI=1S/C12H17N3O3/c1-18-11-4-2-3-9(12(11)15(16)17)14-10(7-13)8-5-6-8/h2-4,8,10,14H,5-7,13H2,1H3. The van der Waals surface area contributed by atoms with Gasteiger partial charge in [0.25, 0.3) is 0 Å². The number of methoxy groups -OCH3 is 1. The number of nitrogens with zero attached hydrogens (tertiary/aromatic N) is 1. The summed E-state index contributed by atoms with van der Waals surface area (Å²) in [6, 6.07) is 5.09. The van der Waals surface area contributed by atoms with Crippen LogP contribution in [0, 0.1) is 16.0 Å². The number of nitrogens with two attached hydrogens (primary N) is 1. The lowest BCUT2D eigenvalue weighted by Gasteiger charge is -2.18. The SMILES string of the molecule is COc1cccc(NC(CN)C2CC2)c1[N+](=O)[O-]. The highest BCUT2D eigenvalue weighted by Gasteiger charge is 2.32. The van der Waals surface area contributed by atoms with Crippen LogP contribution < -0.4 is 15.8 Å². The van der Waals surface area contributed by atoms with Crippen molar-refractivity contribution < 1.29 is 9.66 Å². The zero-order valence-electron chi connectivity index (χ0n) is 10.3. The average molecular weight is 251 g/mol. The van der Waals surface area contributed by atoms with Gasteiger partial charge in [-0.1, -0.05) is 6.07 Å². The number of nitrogens with one attached hydrogen (secondary N) is 1. The van der Waals surface area contributed by atoms with Crippen molar-refractivity contribution in [1.29, 1.82) is 0 Å². The third-order valence-electron chi connectivity index (χ3n) is 3.19. The van der Waals surface area contributed by atoms with Gasteiger partial charge in [0, 0.05) is 12.6 Å². The Morgan fingerprint density at radius 2 is 2.33 bits per heavy atom. The molecule has 0 spiro atoms. The molecule has 0 aromatic heterocycles. The molecule has 18 heavy (non-hydrogen) atoms. The Balaban J connectivity index is 2.28. The molecule has 1 aromatic rings. The minimum atomic E-state index is -0.429. The molecule has 2 rings (SSSR count). The normalized spacial score (nSPS) is 16.1. The van der Waals surface area contributed by atoms with Gasteiger partial charge < -0.3 is 15.8 Å². The highest BCUT2D eigenvalue weighted by molar-refractivity contribution is 5.68. The van der Waals surface area contributed by atoms with Crippen LogP contribution in [0.3, 0.4) is 0 Å². The maximum Gasteiger partial charge on any atom is 0.333 e. The molecule has 1 aliphatic carbocycles. The van der Waals surface area contributed by atoms with Crippen LogP contribution >= 0.6 is 0 Å². The summed E-state index contributed by atoms with van der Waals surface area (Å²) in [7, 11) is 1.42. The summed E-state index contributed by atoms with van der Waals surface area (Å²) >= 11 is 0. The van der Waals surface area contributed by atoms with Gasteiger partial charge in [0.2, 0.25) is 0 Å².